The molecule has 1 fully saturated rings. The lowest BCUT2D eigenvalue weighted by Gasteiger charge is -2.24. The number of fused-ring (bicyclic) bond motifs is 1. The molecule has 4 aromatic rings. The predicted molar refractivity (Wildman–Crippen MR) is 129 cm³/mol. The number of hydrogen-bond acceptors (Lipinski definition) is 4. The second-order valence-electron chi connectivity index (χ2n) is 8.33. The van der Waals surface area contributed by atoms with Gasteiger partial charge in [-0.1, -0.05) is 41.9 Å². The van der Waals surface area contributed by atoms with E-state index < -0.39 is 15.8 Å². The maximum absolute atomic E-state index is 13.9. The first kappa shape index (κ1) is 23.1. The zero-order valence-corrected chi connectivity index (χ0v) is 20.1. The summed E-state index contributed by atoms with van der Waals surface area (Å²) in [6.07, 6.45) is 0.860. The van der Waals surface area contributed by atoms with E-state index in [1.807, 2.05) is 0 Å². The Morgan fingerprint density at radius 2 is 1.65 bits per heavy atom. The zero-order chi connectivity index (χ0) is 23.9. The first-order valence-electron chi connectivity index (χ1n) is 11.0. The Hall–Kier alpha value is -2.71. The van der Waals surface area contributed by atoms with Gasteiger partial charge < -0.3 is 9.47 Å². The molecule has 0 amide bonds. The average molecular weight is 500 g/mol. The number of benzene rings is 3. The van der Waals surface area contributed by atoms with E-state index in [4.69, 9.17) is 21.1 Å². The van der Waals surface area contributed by atoms with Crippen molar-refractivity contribution < 1.29 is 22.3 Å². The molecule has 0 radical (unpaired) electrons. The minimum Gasteiger partial charge on any atom is -0.344 e. The van der Waals surface area contributed by atoms with Crippen molar-refractivity contribution in [1.29, 1.82) is 0 Å². The molecule has 1 saturated heterocycles. The van der Waals surface area contributed by atoms with Gasteiger partial charge >= 0.3 is 0 Å². The second kappa shape index (κ2) is 8.82. The van der Waals surface area contributed by atoms with Gasteiger partial charge in [0.05, 0.1) is 23.6 Å². The molecule has 0 bridgehead atoms. The molecule has 1 aromatic heterocycles. The summed E-state index contributed by atoms with van der Waals surface area (Å²) in [6.45, 7) is 2.59. The summed E-state index contributed by atoms with van der Waals surface area (Å²) >= 11 is 6.35. The Kier molecular flexibility index (Phi) is 5.98. The van der Waals surface area contributed by atoms with Gasteiger partial charge in [-0.25, -0.2) is 16.8 Å². The van der Waals surface area contributed by atoms with Crippen molar-refractivity contribution in [2.45, 2.75) is 30.4 Å². The van der Waals surface area contributed by atoms with Gasteiger partial charge in [0, 0.05) is 21.7 Å². The number of rotatable bonds is 6. The Balaban J connectivity index is 1.77. The lowest BCUT2D eigenvalue weighted by atomic mass is 9.99. The summed E-state index contributed by atoms with van der Waals surface area (Å²) in [5.41, 5.74) is 2.58. The van der Waals surface area contributed by atoms with E-state index in [1.165, 1.54) is 16.1 Å². The van der Waals surface area contributed by atoms with Crippen LogP contribution in [-0.4, -0.2) is 25.6 Å². The summed E-state index contributed by atoms with van der Waals surface area (Å²) in [6, 6.07) is 19.6. The quantitative estimate of drug-likeness (QED) is 0.343. The number of aryl methyl sites for hydroxylation is 1. The van der Waals surface area contributed by atoms with Crippen molar-refractivity contribution in [3.8, 4) is 0 Å². The molecule has 1 aliphatic rings. The number of nitrogens with zero attached hydrogens (tertiary/aromatic N) is 1. The average Bonchev–Trinajstić information content (AvgIpc) is 3.41. The fourth-order valence-corrected chi connectivity index (χ4v) is 6.34. The molecule has 1 aliphatic heterocycles. The van der Waals surface area contributed by atoms with Gasteiger partial charge in [0.25, 0.3) is 10.0 Å². The molecule has 34 heavy (non-hydrogen) atoms. The zero-order valence-electron chi connectivity index (χ0n) is 18.5. The van der Waals surface area contributed by atoms with Gasteiger partial charge in [-0.3, -0.25) is 0 Å². The fourth-order valence-electron chi connectivity index (χ4n) is 4.57. The standard InChI is InChI=1S/C26H23ClFNO4S/c1-26(32-15-16-33-26)25-22-17-19(27)10-14-23(22)29(34(30,31)21-5-3-2-4-6-21)24(25)13-9-18-7-11-20(28)12-8-18/h2-8,10-12,14,17H,9,13,15-16H2,1H3. The molecule has 5 nitrogen and oxygen atoms in total. The summed E-state index contributed by atoms with van der Waals surface area (Å²) < 4.78 is 54.7. The Labute approximate surface area is 202 Å². The van der Waals surface area contributed by atoms with E-state index in [2.05, 4.69) is 0 Å². The lowest BCUT2D eigenvalue weighted by molar-refractivity contribution is -0.149. The molecule has 2 heterocycles. The molecule has 176 valence electrons. The highest BCUT2D eigenvalue weighted by Crippen LogP contribution is 2.42. The Bertz CT molecular complexity index is 1440. The molecule has 0 spiro atoms. The first-order valence-corrected chi connectivity index (χ1v) is 12.8. The van der Waals surface area contributed by atoms with Crippen molar-refractivity contribution in [3.05, 3.63) is 100 Å². The van der Waals surface area contributed by atoms with E-state index >= 15 is 0 Å². The highest BCUT2D eigenvalue weighted by Gasteiger charge is 2.41. The smallest absolute Gasteiger partial charge is 0.268 e. The number of hydrogen-bond donors (Lipinski definition) is 0. The van der Waals surface area contributed by atoms with Gasteiger partial charge in [-0.2, -0.15) is 0 Å². The largest absolute Gasteiger partial charge is 0.344 e. The van der Waals surface area contributed by atoms with Crippen LogP contribution in [0.3, 0.4) is 0 Å². The van der Waals surface area contributed by atoms with Crippen LogP contribution in [0.1, 0.15) is 23.7 Å². The van der Waals surface area contributed by atoms with Crippen LogP contribution in [0.2, 0.25) is 5.02 Å². The number of aromatic nitrogens is 1. The summed E-state index contributed by atoms with van der Waals surface area (Å²) in [4.78, 5) is 0.176. The minimum absolute atomic E-state index is 0.176. The summed E-state index contributed by atoms with van der Waals surface area (Å²) in [5.74, 6) is -1.45. The molecule has 8 heteroatoms. The van der Waals surface area contributed by atoms with Crippen LogP contribution >= 0.6 is 11.6 Å². The molecule has 5 rings (SSSR count). The van der Waals surface area contributed by atoms with Crippen molar-refractivity contribution in [1.82, 2.24) is 3.97 Å². The van der Waals surface area contributed by atoms with Crippen LogP contribution in [0.4, 0.5) is 4.39 Å². The third kappa shape index (κ3) is 4.03. The Morgan fingerprint density at radius 3 is 2.32 bits per heavy atom. The second-order valence-corrected chi connectivity index (χ2v) is 10.6. The topological polar surface area (TPSA) is 57.5 Å². The van der Waals surface area contributed by atoms with Gasteiger partial charge in [0.2, 0.25) is 0 Å². The Morgan fingerprint density at radius 1 is 0.971 bits per heavy atom. The monoisotopic (exact) mass is 499 g/mol. The predicted octanol–water partition coefficient (Wildman–Crippen LogP) is 5.68. The van der Waals surface area contributed by atoms with Crippen LogP contribution in [0.15, 0.2) is 77.7 Å². The summed E-state index contributed by atoms with van der Waals surface area (Å²) in [5, 5.41) is 1.14. The molecule has 3 aromatic carbocycles. The van der Waals surface area contributed by atoms with Crippen LogP contribution in [0.5, 0.6) is 0 Å². The molecule has 0 N–H and O–H groups in total. The molecule has 0 saturated carbocycles. The van der Waals surface area contributed by atoms with Gasteiger partial charge in [0.15, 0.2) is 5.79 Å². The molecular formula is C26H23ClFNO4S. The highest BCUT2D eigenvalue weighted by atomic mass is 35.5. The van der Waals surface area contributed by atoms with Gasteiger partial charge in [-0.05, 0) is 67.8 Å². The summed E-state index contributed by atoms with van der Waals surface area (Å²) in [7, 11) is -3.95. The number of halogens is 2. The van der Waals surface area contributed by atoms with Crippen molar-refractivity contribution in [2.75, 3.05) is 13.2 Å². The van der Waals surface area contributed by atoms with Crippen molar-refractivity contribution in [2.24, 2.45) is 0 Å². The third-order valence-electron chi connectivity index (χ3n) is 6.12. The van der Waals surface area contributed by atoms with E-state index in [-0.39, 0.29) is 10.7 Å². The fraction of sp³-hybridized carbons (Fsp3) is 0.231. The number of ether oxygens (including phenoxy) is 2. The van der Waals surface area contributed by atoms with Crippen LogP contribution in [0.25, 0.3) is 10.9 Å². The third-order valence-corrected chi connectivity index (χ3v) is 8.12. The van der Waals surface area contributed by atoms with Crippen LogP contribution in [-0.2, 0) is 38.1 Å². The molecule has 0 unspecified atom stereocenters. The maximum atomic E-state index is 13.9. The molecule has 0 aliphatic carbocycles. The normalized spacial score (nSPS) is 15.7. The van der Waals surface area contributed by atoms with E-state index in [0.29, 0.717) is 53.2 Å². The minimum atomic E-state index is -3.95. The first-order chi connectivity index (χ1) is 16.3. The van der Waals surface area contributed by atoms with Crippen LogP contribution in [0, 0.1) is 5.82 Å². The SMILES string of the molecule is CC1(c2c(CCc3ccc(F)cc3)n(S(=O)(=O)c3ccccc3)c3ccc(Cl)cc23)OCCO1. The van der Waals surface area contributed by atoms with E-state index in [1.54, 1.807) is 67.6 Å². The van der Waals surface area contributed by atoms with Gasteiger partial charge in [0.1, 0.15) is 5.82 Å². The van der Waals surface area contributed by atoms with Crippen LogP contribution < -0.4 is 0 Å². The van der Waals surface area contributed by atoms with Crippen molar-refractivity contribution >= 4 is 32.5 Å². The highest BCUT2D eigenvalue weighted by molar-refractivity contribution is 7.90. The lowest BCUT2D eigenvalue weighted by Crippen LogP contribution is -2.26. The van der Waals surface area contributed by atoms with Gasteiger partial charge in [-0.15, -0.1) is 0 Å². The van der Waals surface area contributed by atoms with E-state index in [9.17, 15) is 12.8 Å². The molecule has 0 atom stereocenters. The molecular weight excluding hydrogens is 477 g/mol. The van der Waals surface area contributed by atoms with E-state index in [0.717, 1.165) is 5.56 Å². The maximum Gasteiger partial charge on any atom is 0.268 e. The van der Waals surface area contributed by atoms with Crippen molar-refractivity contribution in [3.63, 3.8) is 0 Å².